The Kier molecular flexibility index (Phi) is 3.57. The molecule has 1 fully saturated rings. The number of ether oxygens (including phenoxy) is 3. The van der Waals surface area contributed by atoms with Crippen LogP contribution < -0.4 is 0 Å². The van der Waals surface area contributed by atoms with Gasteiger partial charge in [-0.1, -0.05) is 6.92 Å². The maximum Gasteiger partial charge on any atom is 0.511 e. The Labute approximate surface area is 83.6 Å². The highest BCUT2D eigenvalue weighted by molar-refractivity contribution is 5.62. The average molecular weight is 226 g/mol. The summed E-state index contributed by atoms with van der Waals surface area (Å²) in [7, 11) is 0. The Balaban J connectivity index is 2.55. The predicted molar refractivity (Wildman–Crippen MR) is 41.8 cm³/mol. The van der Waals surface area contributed by atoms with E-state index in [0.29, 0.717) is 0 Å². The number of cyclic esters (lactones) is 2. The Morgan fingerprint density at radius 1 is 1.53 bits per heavy atom. The molecular weight excluding hydrogens is 217 g/mol. The van der Waals surface area contributed by atoms with Gasteiger partial charge in [-0.25, -0.2) is 9.18 Å². The largest absolute Gasteiger partial charge is 0.511 e. The van der Waals surface area contributed by atoms with Gasteiger partial charge in [-0.15, -0.1) is 0 Å². The maximum absolute atomic E-state index is 12.4. The van der Waals surface area contributed by atoms with E-state index in [1.54, 1.807) is 6.92 Å². The number of hydrogen-bond donors (Lipinski definition) is 0. The van der Waals surface area contributed by atoms with E-state index >= 15 is 0 Å². The SMILES string of the molecule is CCC1(OCC(F)=C(F)F)COC(=O)O1. The average Bonchev–Trinajstić information content (AvgIpc) is 2.57. The summed E-state index contributed by atoms with van der Waals surface area (Å²) in [5.41, 5.74) is 0. The van der Waals surface area contributed by atoms with E-state index in [4.69, 9.17) is 4.74 Å². The first-order chi connectivity index (χ1) is 6.99. The van der Waals surface area contributed by atoms with Gasteiger partial charge in [0, 0.05) is 6.42 Å². The van der Waals surface area contributed by atoms with Gasteiger partial charge in [-0.05, 0) is 0 Å². The molecule has 86 valence electrons. The highest BCUT2D eigenvalue weighted by atomic mass is 19.3. The molecule has 1 aliphatic rings. The summed E-state index contributed by atoms with van der Waals surface area (Å²) < 4.78 is 49.6. The number of rotatable bonds is 4. The summed E-state index contributed by atoms with van der Waals surface area (Å²) in [6.07, 6.45) is -3.23. The van der Waals surface area contributed by atoms with Crippen molar-refractivity contribution in [3.8, 4) is 0 Å². The Morgan fingerprint density at radius 2 is 2.20 bits per heavy atom. The summed E-state index contributed by atoms with van der Waals surface area (Å²) in [5.74, 6) is -3.14. The highest BCUT2D eigenvalue weighted by Gasteiger charge is 2.42. The van der Waals surface area contributed by atoms with Crippen LogP contribution in [0.4, 0.5) is 18.0 Å². The first-order valence-electron chi connectivity index (χ1n) is 4.18. The normalized spacial score (nSPS) is 24.7. The third-order valence-electron chi connectivity index (χ3n) is 1.88. The van der Waals surface area contributed by atoms with E-state index in [1.807, 2.05) is 0 Å². The fourth-order valence-corrected chi connectivity index (χ4v) is 0.977. The molecule has 0 amide bonds. The van der Waals surface area contributed by atoms with Gasteiger partial charge >= 0.3 is 12.2 Å². The first kappa shape index (κ1) is 11.8. The van der Waals surface area contributed by atoms with Crippen molar-refractivity contribution >= 4 is 6.16 Å². The minimum atomic E-state index is -2.45. The molecule has 7 heteroatoms. The van der Waals surface area contributed by atoms with E-state index in [9.17, 15) is 18.0 Å². The minimum absolute atomic E-state index is 0.180. The van der Waals surface area contributed by atoms with Gasteiger partial charge in [-0.3, -0.25) is 0 Å². The van der Waals surface area contributed by atoms with Gasteiger partial charge in [0.1, 0.15) is 6.61 Å². The number of halogens is 3. The van der Waals surface area contributed by atoms with E-state index in [1.165, 1.54) is 0 Å². The topological polar surface area (TPSA) is 44.8 Å². The van der Waals surface area contributed by atoms with Gasteiger partial charge in [0.15, 0.2) is 12.4 Å². The highest BCUT2D eigenvalue weighted by Crippen LogP contribution is 2.26. The van der Waals surface area contributed by atoms with Crippen molar-refractivity contribution in [3.05, 3.63) is 11.9 Å². The minimum Gasteiger partial charge on any atom is -0.427 e. The molecule has 0 N–H and O–H groups in total. The predicted octanol–water partition coefficient (Wildman–Crippen LogP) is 2.35. The van der Waals surface area contributed by atoms with Crippen molar-refractivity contribution in [2.24, 2.45) is 0 Å². The zero-order valence-electron chi connectivity index (χ0n) is 7.89. The molecule has 1 saturated heterocycles. The Bertz CT molecular complexity index is 288. The molecule has 0 aliphatic carbocycles. The van der Waals surface area contributed by atoms with Crippen LogP contribution in [0.1, 0.15) is 13.3 Å². The number of carbonyl (C=O) groups is 1. The van der Waals surface area contributed by atoms with Crippen LogP contribution in [0.15, 0.2) is 11.9 Å². The van der Waals surface area contributed by atoms with E-state index in [-0.39, 0.29) is 13.0 Å². The van der Waals surface area contributed by atoms with Crippen LogP contribution in [0.5, 0.6) is 0 Å². The molecule has 0 aromatic heterocycles. The summed E-state index contributed by atoms with van der Waals surface area (Å²) in [6, 6.07) is 0. The number of hydrogen-bond acceptors (Lipinski definition) is 4. The second-order valence-corrected chi connectivity index (χ2v) is 2.86. The Hall–Kier alpha value is -1.24. The summed E-state index contributed by atoms with van der Waals surface area (Å²) in [6.45, 7) is 0.408. The molecule has 0 bridgehead atoms. The molecule has 1 heterocycles. The lowest BCUT2D eigenvalue weighted by Gasteiger charge is -2.22. The summed E-state index contributed by atoms with van der Waals surface area (Å²) in [4.78, 5) is 10.6. The van der Waals surface area contributed by atoms with Gasteiger partial charge in [0.05, 0.1) is 0 Å². The van der Waals surface area contributed by atoms with Gasteiger partial charge in [0.2, 0.25) is 0 Å². The number of carbonyl (C=O) groups excluding carboxylic acids is 1. The molecule has 1 rings (SSSR count). The van der Waals surface area contributed by atoms with E-state index in [0.717, 1.165) is 0 Å². The standard InChI is InChI=1S/C8H9F3O4/c1-2-8(4-13-7(12)15-8)14-3-5(9)6(10)11/h2-4H2,1H3. The van der Waals surface area contributed by atoms with E-state index < -0.39 is 30.5 Å². The monoisotopic (exact) mass is 226 g/mol. The van der Waals surface area contributed by atoms with Crippen LogP contribution in [0.25, 0.3) is 0 Å². The molecule has 15 heavy (non-hydrogen) atoms. The van der Waals surface area contributed by atoms with Gasteiger partial charge in [-0.2, -0.15) is 8.78 Å². The second kappa shape index (κ2) is 4.52. The van der Waals surface area contributed by atoms with Crippen molar-refractivity contribution in [3.63, 3.8) is 0 Å². The molecule has 1 aliphatic heterocycles. The fraction of sp³-hybridized carbons (Fsp3) is 0.625. The molecule has 1 unspecified atom stereocenters. The summed E-state index contributed by atoms with van der Waals surface area (Å²) in [5, 5.41) is 0. The molecule has 0 aromatic rings. The molecular formula is C8H9F3O4. The second-order valence-electron chi connectivity index (χ2n) is 2.86. The molecule has 0 spiro atoms. The van der Waals surface area contributed by atoms with E-state index in [2.05, 4.69) is 9.47 Å². The van der Waals surface area contributed by atoms with Crippen molar-refractivity contribution in [1.29, 1.82) is 0 Å². The summed E-state index contributed by atoms with van der Waals surface area (Å²) >= 11 is 0. The van der Waals surface area contributed by atoms with Crippen LogP contribution in [-0.2, 0) is 14.2 Å². The van der Waals surface area contributed by atoms with Gasteiger partial charge < -0.3 is 14.2 Å². The molecule has 1 atom stereocenters. The van der Waals surface area contributed by atoms with Crippen molar-refractivity contribution in [1.82, 2.24) is 0 Å². The molecule has 4 nitrogen and oxygen atoms in total. The maximum atomic E-state index is 12.4. The quantitative estimate of drug-likeness (QED) is 0.690. The van der Waals surface area contributed by atoms with Crippen LogP contribution in [0.2, 0.25) is 0 Å². The van der Waals surface area contributed by atoms with Crippen molar-refractivity contribution < 1.29 is 32.2 Å². The zero-order chi connectivity index (χ0) is 11.5. The van der Waals surface area contributed by atoms with Crippen LogP contribution in [-0.4, -0.2) is 25.2 Å². The third-order valence-corrected chi connectivity index (χ3v) is 1.88. The molecule has 0 radical (unpaired) electrons. The molecule has 0 saturated carbocycles. The lowest BCUT2D eigenvalue weighted by Crippen LogP contribution is -2.35. The fourth-order valence-electron chi connectivity index (χ4n) is 0.977. The van der Waals surface area contributed by atoms with Crippen LogP contribution in [0, 0.1) is 0 Å². The van der Waals surface area contributed by atoms with Crippen molar-refractivity contribution in [2.45, 2.75) is 19.1 Å². The lowest BCUT2D eigenvalue weighted by molar-refractivity contribution is -0.178. The molecule has 0 aromatic carbocycles. The van der Waals surface area contributed by atoms with Gasteiger partial charge in [0.25, 0.3) is 5.79 Å². The lowest BCUT2D eigenvalue weighted by atomic mass is 10.2. The Morgan fingerprint density at radius 3 is 2.60 bits per heavy atom. The zero-order valence-corrected chi connectivity index (χ0v) is 7.89. The first-order valence-corrected chi connectivity index (χ1v) is 4.18. The van der Waals surface area contributed by atoms with Crippen LogP contribution in [0.3, 0.4) is 0 Å². The third kappa shape index (κ3) is 2.85. The van der Waals surface area contributed by atoms with Crippen LogP contribution >= 0.6 is 0 Å². The van der Waals surface area contributed by atoms with Crippen molar-refractivity contribution in [2.75, 3.05) is 13.2 Å². The smallest absolute Gasteiger partial charge is 0.427 e.